The van der Waals surface area contributed by atoms with Crippen LogP contribution in [0.5, 0.6) is 0 Å². The Bertz CT molecular complexity index is 397. The van der Waals surface area contributed by atoms with Gasteiger partial charge in [-0.2, -0.15) is 0 Å². The Kier molecular flexibility index (Phi) is 13.4. The van der Waals surface area contributed by atoms with E-state index in [-0.39, 0.29) is 18.2 Å². The Morgan fingerprint density at radius 1 is 0.769 bits per heavy atom. The zero-order chi connectivity index (χ0) is 20.0. The number of nitrogens with zero attached hydrogens (tertiary/aromatic N) is 2. The largest absolute Gasteiger partial charge is 0.380 e. The smallest absolute Gasteiger partial charge is 0.254 e. The van der Waals surface area contributed by atoms with Crippen LogP contribution in [0.25, 0.3) is 0 Å². The molecule has 0 rings (SSSR count). The van der Waals surface area contributed by atoms with E-state index in [1.54, 1.807) is 23.9 Å². The lowest BCUT2D eigenvalue weighted by Crippen LogP contribution is -2.48. The first-order chi connectivity index (χ1) is 12.3. The van der Waals surface area contributed by atoms with Crippen molar-refractivity contribution < 1.29 is 14.7 Å². The van der Waals surface area contributed by atoms with Gasteiger partial charge in [-0.05, 0) is 19.8 Å². The van der Waals surface area contributed by atoms with E-state index >= 15 is 0 Å². The topological polar surface area (TPSA) is 60.9 Å². The number of likely N-dealkylation sites (N-methyl/N-ethyl adjacent to an activating group) is 1. The number of unbranched alkanes of at least 4 members (excludes halogenated alkanes) is 8. The Labute approximate surface area is 161 Å². The Balaban J connectivity index is 4.24. The number of rotatable bonds is 15. The molecule has 26 heavy (non-hydrogen) atoms. The van der Waals surface area contributed by atoms with E-state index in [0.717, 1.165) is 25.7 Å². The highest BCUT2D eigenvalue weighted by Crippen LogP contribution is 2.16. The Morgan fingerprint density at radius 2 is 1.19 bits per heavy atom. The third-order valence-corrected chi connectivity index (χ3v) is 4.92. The summed E-state index contributed by atoms with van der Waals surface area (Å²) in [5, 5.41) is 10.5. The molecule has 0 aliphatic heterocycles. The van der Waals surface area contributed by atoms with E-state index in [1.807, 2.05) is 0 Å². The molecule has 154 valence electrons. The predicted octanol–water partition coefficient (Wildman–Crippen LogP) is 3.99. The number of carbonyl (C=O) groups excluding carboxylic acids is 2. The molecule has 2 amide bonds. The van der Waals surface area contributed by atoms with Gasteiger partial charge in [0.25, 0.3) is 5.91 Å². The van der Waals surface area contributed by atoms with Crippen molar-refractivity contribution in [2.45, 2.75) is 97.0 Å². The maximum Gasteiger partial charge on any atom is 0.254 e. The molecular weight excluding hydrogens is 328 g/mol. The van der Waals surface area contributed by atoms with Crippen molar-refractivity contribution in [2.24, 2.45) is 0 Å². The van der Waals surface area contributed by atoms with E-state index < -0.39 is 5.60 Å². The second-order valence-electron chi connectivity index (χ2n) is 7.82. The second-order valence-corrected chi connectivity index (χ2v) is 7.82. The van der Waals surface area contributed by atoms with E-state index in [2.05, 4.69) is 13.8 Å². The van der Waals surface area contributed by atoms with Gasteiger partial charge in [0.15, 0.2) is 0 Å². The first-order valence-electron chi connectivity index (χ1n) is 10.5. The van der Waals surface area contributed by atoms with Gasteiger partial charge in [0.1, 0.15) is 5.60 Å². The van der Waals surface area contributed by atoms with Gasteiger partial charge < -0.3 is 14.9 Å². The van der Waals surface area contributed by atoms with Crippen molar-refractivity contribution in [3.63, 3.8) is 0 Å². The minimum absolute atomic E-state index is 0.155. The molecule has 0 radical (unpaired) electrons. The average Bonchev–Trinajstić information content (AvgIpc) is 2.59. The predicted molar refractivity (Wildman–Crippen MR) is 108 cm³/mol. The fourth-order valence-electron chi connectivity index (χ4n) is 3.05. The Morgan fingerprint density at radius 3 is 1.65 bits per heavy atom. The number of aliphatic hydroxyl groups is 1. The molecule has 1 N–H and O–H groups in total. The molecule has 0 fully saturated rings. The lowest BCUT2D eigenvalue weighted by atomic mass is 9.99. The van der Waals surface area contributed by atoms with Crippen LogP contribution >= 0.6 is 0 Å². The SMILES string of the molecule is CCCCCCCN(C)C(=O)CC(C)(O)C(=O)N(C)CCCCCCC. The Hall–Kier alpha value is -1.10. The standard InChI is InChI=1S/C21H42N2O3/c1-6-8-10-12-14-16-22(4)19(24)18-21(3,26)20(25)23(5)17-15-13-11-9-7-2/h26H,6-18H2,1-5H3. The summed E-state index contributed by atoms with van der Waals surface area (Å²) >= 11 is 0. The van der Waals surface area contributed by atoms with E-state index in [0.29, 0.717) is 13.1 Å². The van der Waals surface area contributed by atoms with Crippen LogP contribution in [0.4, 0.5) is 0 Å². The summed E-state index contributed by atoms with van der Waals surface area (Å²) in [5.74, 6) is -0.534. The number of carbonyl (C=O) groups is 2. The van der Waals surface area contributed by atoms with Gasteiger partial charge in [0, 0.05) is 27.2 Å². The van der Waals surface area contributed by atoms with E-state index in [1.165, 1.54) is 45.4 Å². The van der Waals surface area contributed by atoms with Crippen molar-refractivity contribution in [1.29, 1.82) is 0 Å². The van der Waals surface area contributed by atoms with Crippen molar-refractivity contribution >= 4 is 11.8 Å². The maximum atomic E-state index is 12.5. The van der Waals surface area contributed by atoms with Crippen molar-refractivity contribution in [3.8, 4) is 0 Å². The third-order valence-electron chi connectivity index (χ3n) is 4.92. The first kappa shape index (κ1) is 24.9. The van der Waals surface area contributed by atoms with Crippen LogP contribution in [-0.4, -0.2) is 59.5 Å². The van der Waals surface area contributed by atoms with Gasteiger partial charge in [0.2, 0.25) is 5.91 Å². The fourth-order valence-corrected chi connectivity index (χ4v) is 3.05. The fraction of sp³-hybridized carbons (Fsp3) is 0.905. The highest BCUT2D eigenvalue weighted by atomic mass is 16.3. The molecule has 0 spiro atoms. The van der Waals surface area contributed by atoms with Gasteiger partial charge in [-0.1, -0.05) is 65.2 Å². The summed E-state index contributed by atoms with van der Waals surface area (Å²) in [6, 6.07) is 0. The van der Waals surface area contributed by atoms with Crippen LogP contribution in [0.3, 0.4) is 0 Å². The molecule has 1 unspecified atom stereocenters. The molecule has 0 saturated carbocycles. The van der Waals surface area contributed by atoms with Crippen LogP contribution in [0.15, 0.2) is 0 Å². The van der Waals surface area contributed by atoms with Gasteiger partial charge in [-0.15, -0.1) is 0 Å². The van der Waals surface area contributed by atoms with E-state index in [4.69, 9.17) is 0 Å². The minimum atomic E-state index is -1.63. The summed E-state index contributed by atoms with van der Waals surface area (Å²) in [4.78, 5) is 28.0. The molecule has 0 bridgehead atoms. The molecule has 0 aliphatic carbocycles. The van der Waals surface area contributed by atoms with Crippen LogP contribution in [0.1, 0.15) is 91.4 Å². The summed E-state index contributed by atoms with van der Waals surface area (Å²) in [7, 11) is 3.46. The first-order valence-corrected chi connectivity index (χ1v) is 10.5. The van der Waals surface area contributed by atoms with Crippen molar-refractivity contribution in [2.75, 3.05) is 27.2 Å². The van der Waals surface area contributed by atoms with Crippen molar-refractivity contribution in [3.05, 3.63) is 0 Å². The highest BCUT2D eigenvalue weighted by molar-refractivity contribution is 5.90. The molecule has 5 nitrogen and oxygen atoms in total. The minimum Gasteiger partial charge on any atom is -0.380 e. The molecule has 0 aromatic carbocycles. The van der Waals surface area contributed by atoms with Crippen LogP contribution < -0.4 is 0 Å². The van der Waals surface area contributed by atoms with Crippen LogP contribution in [0, 0.1) is 0 Å². The van der Waals surface area contributed by atoms with Gasteiger partial charge >= 0.3 is 0 Å². The molecule has 0 heterocycles. The van der Waals surface area contributed by atoms with Crippen LogP contribution in [0.2, 0.25) is 0 Å². The number of hydrogen-bond acceptors (Lipinski definition) is 3. The maximum absolute atomic E-state index is 12.5. The zero-order valence-corrected chi connectivity index (χ0v) is 17.9. The molecular formula is C21H42N2O3. The summed E-state index contributed by atoms with van der Waals surface area (Å²) < 4.78 is 0. The highest BCUT2D eigenvalue weighted by Gasteiger charge is 2.36. The number of hydrogen-bond donors (Lipinski definition) is 1. The molecule has 0 aliphatic rings. The molecule has 0 aromatic heterocycles. The third kappa shape index (κ3) is 10.8. The van der Waals surface area contributed by atoms with Gasteiger partial charge in [0.05, 0.1) is 6.42 Å². The van der Waals surface area contributed by atoms with Crippen molar-refractivity contribution in [1.82, 2.24) is 9.80 Å². The summed E-state index contributed by atoms with van der Waals surface area (Å²) in [5.41, 5.74) is -1.63. The van der Waals surface area contributed by atoms with E-state index in [9.17, 15) is 14.7 Å². The van der Waals surface area contributed by atoms with Gasteiger partial charge in [-0.3, -0.25) is 9.59 Å². The van der Waals surface area contributed by atoms with Gasteiger partial charge in [-0.25, -0.2) is 0 Å². The summed E-state index contributed by atoms with van der Waals surface area (Å²) in [6.07, 6.45) is 11.2. The monoisotopic (exact) mass is 370 g/mol. The molecule has 0 saturated heterocycles. The number of amides is 2. The lowest BCUT2D eigenvalue weighted by molar-refractivity contribution is -0.154. The molecule has 0 aromatic rings. The second kappa shape index (κ2) is 14.0. The summed E-state index contributed by atoms with van der Waals surface area (Å²) in [6.45, 7) is 7.11. The normalized spacial score (nSPS) is 13.3. The zero-order valence-electron chi connectivity index (χ0n) is 17.9. The molecule has 1 atom stereocenters. The van der Waals surface area contributed by atoms with Crippen LogP contribution in [-0.2, 0) is 9.59 Å². The quantitative estimate of drug-likeness (QED) is 0.443. The molecule has 5 heteroatoms. The lowest BCUT2D eigenvalue weighted by Gasteiger charge is -2.29. The average molecular weight is 371 g/mol.